The van der Waals surface area contributed by atoms with Crippen molar-refractivity contribution in [2.75, 3.05) is 18.5 Å². The van der Waals surface area contributed by atoms with Crippen molar-refractivity contribution < 1.29 is 19.4 Å². The molecule has 210 valence electrons. The van der Waals surface area contributed by atoms with Crippen LogP contribution < -0.4 is 29.7 Å². The molecule has 41 heavy (non-hydrogen) atoms. The summed E-state index contributed by atoms with van der Waals surface area (Å²) >= 11 is 3.28. The summed E-state index contributed by atoms with van der Waals surface area (Å²) in [5, 5.41) is 13.3. The summed E-state index contributed by atoms with van der Waals surface area (Å²) in [5.74, 6) is 0.777. The number of anilines is 1. The number of allylic oxidation sites excluding steroid dienone is 1. The number of phenolic OH excluding ortho intramolecular Hbond substituents is 1. The first-order valence-corrected chi connectivity index (χ1v) is 15.0. The van der Waals surface area contributed by atoms with Gasteiger partial charge in [0.15, 0.2) is 16.3 Å². The van der Waals surface area contributed by atoms with Crippen LogP contribution in [-0.2, 0) is 4.79 Å². The molecule has 10 heteroatoms. The number of fused-ring (bicyclic) bond motifs is 1. The normalized spacial score (nSPS) is 14.8. The molecule has 0 aliphatic carbocycles. The van der Waals surface area contributed by atoms with Crippen LogP contribution in [-0.4, -0.2) is 28.8 Å². The van der Waals surface area contributed by atoms with Gasteiger partial charge in [-0.15, -0.1) is 0 Å². The number of carbonyl (C=O) groups excluding carboxylic acids is 1. The first kappa shape index (κ1) is 28.6. The van der Waals surface area contributed by atoms with Crippen LogP contribution in [0, 0.1) is 3.57 Å². The molecule has 0 radical (unpaired) electrons. The van der Waals surface area contributed by atoms with E-state index in [1.807, 2.05) is 91.0 Å². The lowest BCUT2D eigenvalue weighted by Gasteiger charge is -2.25. The predicted octanol–water partition coefficient (Wildman–Crippen LogP) is 4.98. The first-order chi connectivity index (χ1) is 19.8. The zero-order chi connectivity index (χ0) is 29.1. The molecule has 2 N–H and O–H groups in total. The van der Waals surface area contributed by atoms with E-state index in [4.69, 9.17) is 14.5 Å². The second-order valence-corrected chi connectivity index (χ2v) is 11.4. The van der Waals surface area contributed by atoms with Crippen LogP contribution in [0.4, 0.5) is 5.69 Å². The Hall–Kier alpha value is -3.90. The molecule has 1 aromatic heterocycles. The summed E-state index contributed by atoms with van der Waals surface area (Å²) in [6, 6.07) is 19.4. The Kier molecular flexibility index (Phi) is 8.60. The molecular weight excluding hydrogens is 653 g/mol. The van der Waals surface area contributed by atoms with Crippen molar-refractivity contribution in [3.63, 3.8) is 0 Å². The molecule has 0 saturated carbocycles. The number of hydrogen-bond acceptors (Lipinski definition) is 7. The van der Waals surface area contributed by atoms with Gasteiger partial charge in [-0.2, -0.15) is 0 Å². The highest BCUT2D eigenvalue weighted by atomic mass is 127. The topological polar surface area (TPSA) is 102 Å². The second kappa shape index (κ2) is 12.3. The molecule has 0 unspecified atom stereocenters. The van der Waals surface area contributed by atoms with Gasteiger partial charge in [0.2, 0.25) is 0 Å². The van der Waals surface area contributed by atoms with Gasteiger partial charge in [0.05, 0.1) is 38.6 Å². The molecule has 8 nitrogen and oxygen atoms in total. The lowest BCUT2D eigenvalue weighted by Crippen LogP contribution is -2.40. The van der Waals surface area contributed by atoms with Gasteiger partial charge in [-0.05, 0) is 97.0 Å². The zero-order valence-corrected chi connectivity index (χ0v) is 25.7. The van der Waals surface area contributed by atoms with Crippen LogP contribution in [0.5, 0.6) is 17.2 Å². The van der Waals surface area contributed by atoms with E-state index in [0.29, 0.717) is 60.1 Å². The standard InChI is InChI=1S/C31H28IN3O5S/c1-4-39-22-13-11-20(12-14-22)27-26(29(37)34-21-9-7-6-8-10-21)18(3)33-31-35(27)30(38)25(41-31)17-19-15-23(32)28(36)24(16-19)40-5-2/h6-17,27,36H,4-5H2,1-3H3,(H,34,37)/b25-17-/t27-/m1/s1. The van der Waals surface area contributed by atoms with E-state index in [9.17, 15) is 14.7 Å². The number of thiazole rings is 1. The number of benzene rings is 3. The highest BCUT2D eigenvalue weighted by molar-refractivity contribution is 14.1. The van der Waals surface area contributed by atoms with E-state index in [1.165, 1.54) is 11.3 Å². The second-order valence-electron chi connectivity index (χ2n) is 9.19. The molecule has 0 saturated heterocycles. The quantitative estimate of drug-likeness (QED) is 0.256. The fourth-order valence-corrected chi connectivity index (χ4v) is 6.33. The van der Waals surface area contributed by atoms with Crippen LogP contribution in [0.1, 0.15) is 37.9 Å². The lowest BCUT2D eigenvalue weighted by molar-refractivity contribution is -0.113. The highest BCUT2D eigenvalue weighted by Crippen LogP contribution is 2.34. The minimum absolute atomic E-state index is 0.0613. The Morgan fingerprint density at radius 1 is 1.10 bits per heavy atom. The molecule has 0 fully saturated rings. The van der Waals surface area contributed by atoms with Crippen molar-refractivity contribution in [1.29, 1.82) is 0 Å². The number of aromatic nitrogens is 1. The summed E-state index contributed by atoms with van der Waals surface area (Å²) in [6.45, 7) is 6.46. The summed E-state index contributed by atoms with van der Waals surface area (Å²) < 4.78 is 13.8. The minimum Gasteiger partial charge on any atom is -0.504 e. The summed E-state index contributed by atoms with van der Waals surface area (Å²) in [4.78, 5) is 32.9. The largest absolute Gasteiger partial charge is 0.504 e. The number of para-hydroxylation sites is 1. The van der Waals surface area contributed by atoms with Gasteiger partial charge in [0.25, 0.3) is 11.5 Å². The van der Waals surface area contributed by atoms with E-state index in [1.54, 1.807) is 29.7 Å². The number of nitrogens with one attached hydrogen (secondary N) is 1. The van der Waals surface area contributed by atoms with Crippen LogP contribution in [0.25, 0.3) is 6.08 Å². The maximum absolute atomic E-state index is 14.0. The van der Waals surface area contributed by atoms with Gasteiger partial charge in [0.1, 0.15) is 5.75 Å². The number of nitrogens with zero attached hydrogens (tertiary/aromatic N) is 2. The van der Waals surface area contributed by atoms with Gasteiger partial charge in [-0.3, -0.25) is 14.2 Å². The Balaban J connectivity index is 1.66. The average molecular weight is 682 g/mol. The lowest BCUT2D eigenvalue weighted by atomic mass is 9.95. The summed E-state index contributed by atoms with van der Waals surface area (Å²) in [7, 11) is 0. The minimum atomic E-state index is -0.702. The third kappa shape index (κ3) is 5.94. The maximum Gasteiger partial charge on any atom is 0.271 e. The Labute approximate surface area is 254 Å². The van der Waals surface area contributed by atoms with Gasteiger partial charge in [-0.1, -0.05) is 41.7 Å². The van der Waals surface area contributed by atoms with Crippen molar-refractivity contribution in [1.82, 2.24) is 4.57 Å². The van der Waals surface area contributed by atoms with Crippen molar-refractivity contribution >= 4 is 51.6 Å². The van der Waals surface area contributed by atoms with Crippen LogP contribution >= 0.6 is 33.9 Å². The molecule has 0 spiro atoms. The smallest absolute Gasteiger partial charge is 0.271 e. The number of carbonyl (C=O) groups is 1. The molecule has 1 aliphatic heterocycles. The molecule has 1 atom stereocenters. The number of amides is 1. The molecule has 2 heterocycles. The molecule has 3 aromatic carbocycles. The first-order valence-electron chi connectivity index (χ1n) is 13.1. The third-order valence-electron chi connectivity index (χ3n) is 6.45. The molecule has 5 rings (SSSR count). The zero-order valence-electron chi connectivity index (χ0n) is 22.7. The van der Waals surface area contributed by atoms with Gasteiger partial charge >= 0.3 is 0 Å². The SMILES string of the molecule is CCOc1ccc([C@@H]2C(C(=O)Nc3ccccc3)=C(C)N=c3s/c(=C\c4cc(I)c(O)c(OCC)c4)c(=O)n32)cc1. The maximum atomic E-state index is 14.0. The van der Waals surface area contributed by atoms with Gasteiger partial charge in [0, 0.05) is 5.69 Å². The van der Waals surface area contributed by atoms with Gasteiger partial charge in [-0.25, -0.2) is 4.99 Å². The van der Waals surface area contributed by atoms with E-state index < -0.39 is 6.04 Å². The van der Waals surface area contributed by atoms with E-state index in [2.05, 4.69) is 5.32 Å². The summed E-state index contributed by atoms with van der Waals surface area (Å²) in [5.41, 5.74) is 2.75. The number of aromatic hydroxyl groups is 1. The highest BCUT2D eigenvalue weighted by Gasteiger charge is 2.32. The molecule has 1 amide bonds. The molecule has 0 bridgehead atoms. The van der Waals surface area contributed by atoms with E-state index >= 15 is 0 Å². The van der Waals surface area contributed by atoms with Crippen LogP contribution in [0.2, 0.25) is 0 Å². The van der Waals surface area contributed by atoms with Crippen molar-refractivity contribution in [2.24, 2.45) is 4.99 Å². The Bertz CT molecular complexity index is 1810. The number of halogens is 1. The van der Waals surface area contributed by atoms with Gasteiger partial charge < -0.3 is 19.9 Å². The van der Waals surface area contributed by atoms with Crippen LogP contribution in [0.3, 0.4) is 0 Å². The van der Waals surface area contributed by atoms with E-state index in [0.717, 1.165) is 5.56 Å². The third-order valence-corrected chi connectivity index (χ3v) is 8.26. The van der Waals surface area contributed by atoms with Crippen molar-refractivity contribution in [3.8, 4) is 17.2 Å². The number of rotatable bonds is 8. The Morgan fingerprint density at radius 3 is 2.49 bits per heavy atom. The van der Waals surface area contributed by atoms with Crippen molar-refractivity contribution in [2.45, 2.75) is 26.8 Å². The number of hydrogen-bond donors (Lipinski definition) is 2. The van der Waals surface area contributed by atoms with Crippen LogP contribution in [0.15, 0.2) is 87.8 Å². The fraction of sp³-hybridized carbons (Fsp3) is 0.194. The number of phenols is 1. The van der Waals surface area contributed by atoms with E-state index in [-0.39, 0.29) is 17.2 Å². The molecular formula is C31H28IN3O5S. The average Bonchev–Trinajstić information content (AvgIpc) is 3.25. The molecule has 1 aliphatic rings. The van der Waals surface area contributed by atoms with Crippen molar-refractivity contribution in [3.05, 3.63) is 112 Å². The monoisotopic (exact) mass is 681 g/mol. The molecule has 4 aromatic rings. The Morgan fingerprint density at radius 2 is 1.80 bits per heavy atom. The predicted molar refractivity (Wildman–Crippen MR) is 168 cm³/mol. The number of ether oxygens (including phenoxy) is 2. The fourth-order valence-electron chi connectivity index (χ4n) is 4.65. The summed E-state index contributed by atoms with van der Waals surface area (Å²) in [6.07, 6.45) is 1.76.